The predicted molar refractivity (Wildman–Crippen MR) is 73.8 cm³/mol. The van der Waals surface area contributed by atoms with Crippen LogP contribution in [0.25, 0.3) is 0 Å². The first-order valence-corrected chi connectivity index (χ1v) is 6.11. The number of rotatable bonds is 5. The van der Waals surface area contributed by atoms with Crippen LogP contribution in [-0.2, 0) is 0 Å². The van der Waals surface area contributed by atoms with E-state index in [1.807, 2.05) is 0 Å². The molecule has 3 heteroatoms. The number of aryl methyl sites for hydroxylation is 2. The highest BCUT2D eigenvalue weighted by Gasteiger charge is 2.12. The van der Waals surface area contributed by atoms with Crippen LogP contribution in [0.15, 0.2) is 12.1 Å². The second-order valence-electron chi connectivity index (χ2n) is 4.87. The fourth-order valence-corrected chi connectivity index (χ4v) is 2.07. The second kappa shape index (κ2) is 5.92. The average Bonchev–Trinajstić information content (AvgIpc) is 2.25. The summed E-state index contributed by atoms with van der Waals surface area (Å²) in [7, 11) is 1.71. The van der Waals surface area contributed by atoms with Crippen LogP contribution in [0, 0.1) is 19.8 Å². The molecule has 1 aromatic rings. The van der Waals surface area contributed by atoms with Gasteiger partial charge in [-0.2, -0.15) is 0 Å². The molecule has 0 spiro atoms. The van der Waals surface area contributed by atoms with Crippen LogP contribution in [0.1, 0.15) is 25.0 Å². The molecule has 1 rings (SSSR count). The summed E-state index contributed by atoms with van der Waals surface area (Å²) < 4.78 is 5.36. The molecule has 0 amide bonds. The zero-order valence-corrected chi connectivity index (χ0v) is 11.5. The highest BCUT2D eigenvalue weighted by Crippen LogP contribution is 2.27. The number of nitrogens with one attached hydrogen (secondary N) is 1. The van der Waals surface area contributed by atoms with E-state index in [0.717, 1.165) is 22.6 Å². The lowest BCUT2D eigenvalue weighted by Crippen LogP contribution is -2.33. The van der Waals surface area contributed by atoms with Gasteiger partial charge in [-0.25, -0.2) is 0 Å². The van der Waals surface area contributed by atoms with Gasteiger partial charge in [-0.3, -0.25) is 0 Å². The normalized spacial score (nSPS) is 12.6. The molecule has 3 nitrogen and oxygen atoms in total. The third-order valence-electron chi connectivity index (χ3n) is 3.08. The van der Waals surface area contributed by atoms with Crippen molar-refractivity contribution in [1.29, 1.82) is 0 Å². The summed E-state index contributed by atoms with van der Waals surface area (Å²) in [5, 5.41) is 3.48. The Morgan fingerprint density at radius 3 is 2.12 bits per heavy atom. The minimum absolute atomic E-state index is 0.308. The standard InChI is InChI=1S/C14H24N2O/c1-9(2)13(8-15)16-12-6-10(3)14(17-5)11(4)7-12/h6-7,9,13,16H,8,15H2,1-5H3. The Morgan fingerprint density at radius 2 is 1.76 bits per heavy atom. The lowest BCUT2D eigenvalue weighted by atomic mass is 10.0. The Labute approximate surface area is 104 Å². The van der Waals surface area contributed by atoms with Crippen molar-refractivity contribution in [2.24, 2.45) is 11.7 Å². The Morgan fingerprint density at radius 1 is 1.24 bits per heavy atom. The molecule has 0 bridgehead atoms. The molecule has 96 valence electrons. The van der Waals surface area contributed by atoms with Crippen molar-refractivity contribution in [2.45, 2.75) is 33.7 Å². The van der Waals surface area contributed by atoms with Gasteiger partial charge in [-0.05, 0) is 43.0 Å². The molecule has 0 aliphatic rings. The van der Waals surface area contributed by atoms with Crippen molar-refractivity contribution in [3.63, 3.8) is 0 Å². The van der Waals surface area contributed by atoms with Gasteiger partial charge in [0.25, 0.3) is 0 Å². The van der Waals surface area contributed by atoms with Crippen LogP contribution in [-0.4, -0.2) is 19.7 Å². The van der Waals surface area contributed by atoms with Gasteiger partial charge in [-0.1, -0.05) is 13.8 Å². The van der Waals surface area contributed by atoms with Crippen molar-refractivity contribution in [2.75, 3.05) is 19.0 Å². The first kappa shape index (κ1) is 13.8. The highest BCUT2D eigenvalue weighted by molar-refractivity contribution is 5.55. The zero-order valence-electron chi connectivity index (χ0n) is 11.5. The maximum Gasteiger partial charge on any atom is 0.124 e. The van der Waals surface area contributed by atoms with Gasteiger partial charge in [0.15, 0.2) is 0 Å². The summed E-state index contributed by atoms with van der Waals surface area (Å²) in [5.74, 6) is 1.48. The van der Waals surface area contributed by atoms with Crippen LogP contribution >= 0.6 is 0 Å². The minimum atomic E-state index is 0.308. The van der Waals surface area contributed by atoms with E-state index in [9.17, 15) is 0 Å². The first-order valence-electron chi connectivity index (χ1n) is 6.11. The summed E-state index contributed by atoms with van der Waals surface area (Å²) in [6, 6.07) is 4.52. The Bertz CT molecular complexity index is 351. The fraction of sp³-hybridized carbons (Fsp3) is 0.571. The SMILES string of the molecule is COc1c(C)cc(NC(CN)C(C)C)cc1C. The van der Waals surface area contributed by atoms with E-state index in [-0.39, 0.29) is 0 Å². The number of hydrogen-bond acceptors (Lipinski definition) is 3. The third kappa shape index (κ3) is 3.37. The van der Waals surface area contributed by atoms with Crippen LogP contribution in [0.3, 0.4) is 0 Å². The Kier molecular flexibility index (Phi) is 4.82. The molecule has 0 aromatic heterocycles. The van der Waals surface area contributed by atoms with Gasteiger partial charge < -0.3 is 15.8 Å². The quantitative estimate of drug-likeness (QED) is 0.826. The molecule has 1 aromatic carbocycles. The number of nitrogens with two attached hydrogens (primary N) is 1. The number of hydrogen-bond donors (Lipinski definition) is 2. The second-order valence-corrected chi connectivity index (χ2v) is 4.87. The maximum atomic E-state index is 5.77. The molecule has 0 radical (unpaired) electrons. The van der Waals surface area contributed by atoms with E-state index < -0.39 is 0 Å². The van der Waals surface area contributed by atoms with E-state index in [4.69, 9.17) is 10.5 Å². The predicted octanol–water partition coefficient (Wildman–Crippen LogP) is 2.71. The van der Waals surface area contributed by atoms with Crippen molar-refractivity contribution in [3.05, 3.63) is 23.3 Å². The summed E-state index contributed by atoms with van der Waals surface area (Å²) in [5.41, 5.74) is 9.18. The van der Waals surface area contributed by atoms with E-state index in [1.165, 1.54) is 0 Å². The van der Waals surface area contributed by atoms with Crippen LogP contribution in [0.2, 0.25) is 0 Å². The van der Waals surface area contributed by atoms with Gasteiger partial charge in [0.2, 0.25) is 0 Å². The molecule has 0 fully saturated rings. The molecule has 0 aliphatic heterocycles. The summed E-state index contributed by atoms with van der Waals surface area (Å²) >= 11 is 0. The molecule has 0 heterocycles. The Balaban J connectivity index is 2.93. The number of methoxy groups -OCH3 is 1. The first-order chi connectivity index (χ1) is 7.99. The smallest absolute Gasteiger partial charge is 0.124 e. The zero-order chi connectivity index (χ0) is 13.0. The Hall–Kier alpha value is -1.22. The summed E-state index contributed by atoms with van der Waals surface area (Å²) in [6.45, 7) is 9.11. The van der Waals surface area contributed by atoms with E-state index in [1.54, 1.807) is 7.11 Å². The van der Waals surface area contributed by atoms with E-state index in [0.29, 0.717) is 18.5 Å². The van der Waals surface area contributed by atoms with Gasteiger partial charge in [0.05, 0.1) is 7.11 Å². The molecule has 3 N–H and O–H groups in total. The van der Waals surface area contributed by atoms with Gasteiger partial charge in [-0.15, -0.1) is 0 Å². The van der Waals surface area contributed by atoms with E-state index in [2.05, 4.69) is 45.1 Å². The van der Waals surface area contributed by atoms with E-state index >= 15 is 0 Å². The highest BCUT2D eigenvalue weighted by atomic mass is 16.5. The molecule has 1 atom stereocenters. The average molecular weight is 236 g/mol. The molecule has 1 unspecified atom stereocenters. The van der Waals surface area contributed by atoms with Crippen molar-refractivity contribution in [3.8, 4) is 5.75 Å². The van der Waals surface area contributed by atoms with Crippen LogP contribution < -0.4 is 15.8 Å². The number of anilines is 1. The van der Waals surface area contributed by atoms with Gasteiger partial charge in [0, 0.05) is 18.3 Å². The van der Waals surface area contributed by atoms with Crippen molar-refractivity contribution in [1.82, 2.24) is 0 Å². The van der Waals surface area contributed by atoms with Crippen molar-refractivity contribution < 1.29 is 4.74 Å². The maximum absolute atomic E-state index is 5.77. The third-order valence-corrected chi connectivity index (χ3v) is 3.08. The molecular weight excluding hydrogens is 212 g/mol. The summed E-state index contributed by atoms with van der Waals surface area (Å²) in [6.07, 6.45) is 0. The molecule has 17 heavy (non-hydrogen) atoms. The lowest BCUT2D eigenvalue weighted by Gasteiger charge is -2.23. The summed E-state index contributed by atoms with van der Waals surface area (Å²) in [4.78, 5) is 0. The number of ether oxygens (including phenoxy) is 1. The molecule has 0 aliphatic carbocycles. The lowest BCUT2D eigenvalue weighted by molar-refractivity contribution is 0.408. The van der Waals surface area contributed by atoms with Crippen LogP contribution in [0.5, 0.6) is 5.75 Å². The fourth-order valence-electron chi connectivity index (χ4n) is 2.07. The molecular formula is C14H24N2O. The topological polar surface area (TPSA) is 47.3 Å². The van der Waals surface area contributed by atoms with Gasteiger partial charge in [0.1, 0.15) is 5.75 Å². The minimum Gasteiger partial charge on any atom is -0.496 e. The number of benzene rings is 1. The molecule has 0 saturated carbocycles. The monoisotopic (exact) mass is 236 g/mol. The van der Waals surface area contributed by atoms with Crippen LogP contribution in [0.4, 0.5) is 5.69 Å². The van der Waals surface area contributed by atoms with Gasteiger partial charge >= 0.3 is 0 Å². The largest absolute Gasteiger partial charge is 0.496 e. The molecule has 0 saturated heterocycles. The van der Waals surface area contributed by atoms with Crippen molar-refractivity contribution >= 4 is 5.69 Å².